The number of nitriles is 1. The summed E-state index contributed by atoms with van der Waals surface area (Å²) in [5.74, 6) is 0.242. The lowest BCUT2D eigenvalue weighted by Gasteiger charge is -2.13. The van der Waals surface area contributed by atoms with Crippen LogP contribution >= 0.6 is 0 Å². The standard InChI is InChI=1S/C14H16N2O3/c1-9(2)16-14(17)12-5-10(6-15)3-4-13(12)19-8-11-7-18-11/h3-5,9,11H,7-8H2,1-2H3,(H,16,17). The zero-order chi connectivity index (χ0) is 13.8. The van der Waals surface area contributed by atoms with Crippen LogP contribution in [0.2, 0.25) is 0 Å². The van der Waals surface area contributed by atoms with Crippen molar-refractivity contribution < 1.29 is 14.3 Å². The maximum atomic E-state index is 12.1. The molecule has 1 aliphatic heterocycles. The largest absolute Gasteiger partial charge is 0.490 e. The molecule has 1 unspecified atom stereocenters. The molecule has 5 heteroatoms. The van der Waals surface area contributed by atoms with Gasteiger partial charge in [0.15, 0.2) is 0 Å². The van der Waals surface area contributed by atoms with Crippen molar-refractivity contribution >= 4 is 5.91 Å². The highest BCUT2D eigenvalue weighted by Crippen LogP contribution is 2.22. The summed E-state index contributed by atoms with van der Waals surface area (Å²) in [7, 11) is 0. The molecule has 0 spiro atoms. The lowest BCUT2D eigenvalue weighted by molar-refractivity contribution is 0.0938. The highest BCUT2D eigenvalue weighted by Gasteiger charge is 2.24. The molecule has 0 aromatic heterocycles. The molecule has 1 N–H and O–H groups in total. The van der Waals surface area contributed by atoms with Crippen LogP contribution in [0.5, 0.6) is 5.75 Å². The van der Waals surface area contributed by atoms with E-state index in [-0.39, 0.29) is 18.1 Å². The Balaban J connectivity index is 2.19. The molecule has 0 bridgehead atoms. The van der Waals surface area contributed by atoms with Gasteiger partial charge in [-0.25, -0.2) is 0 Å². The molecule has 2 rings (SSSR count). The molecule has 5 nitrogen and oxygen atoms in total. The number of carbonyl (C=O) groups excluding carboxylic acids is 1. The first-order valence-corrected chi connectivity index (χ1v) is 6.19. The number of nitrogens with one attached hydrogen (secondary N) is 1. The Morgan fingerprint density at radius 3 is 2.95 bits per heavy atom. The van der Waals surface area contributed by atoms with Gasteiger partial charge in [-0.3, -0.25) is 4.79 Å². The Hall–Kier alpha value is -2.06. The zero-order valence-corrected chi connectivity index (χ0v) is 11.0. The smallest absolute Gasteiger partial charge is 0.255 e. The van der Waals surface area contributed by atoms with Crippen LogP contribution in [0, 0.1) is 11.3 Å². The summed E-state index contributed by atoms with van der Waals surface area (Å²) in [6.45, 7) is 4.88. The van der Waals surface area contributed by atoms with E-state index in [1.165, 1.54) is 0 Å². The number of nitrogens with zero attached hydrogens (tertiary/aromatic N) is 1. The third-order valence-corrected chi connectivity index (χ3v) is 2.60. The number of hydrogen-bond donors (Lipinski definition) is 1. The number of epoxide rings is 1. The van der Waals surface area contributed by atoms with E-state index in [0.717, 1.165) is 0 Å². The number of rotatable bonds is 5. The minimum atomic E-state index is -0.237. The van der Waals surface area contributed by atoms with E-state index in [2.05, 4.69) is 5.32 Å². The van der Waals surface area contributed by atoms with Crippen molar-refractivity contribution in [3.05, 3.63) is 29.3 Å². The fourth-order valence-electron chi connectivity index (χ4n) is 1.59. The molecule has 0 radical (unpaired) electrons. The summed E-state index contributed by atoms with van der Waals surface area (Å²) in [4.78, 5) is 12.1. The van der Waals surface area contributed by atoms with Gasteiger partial charge < -0.3 is 14.8 Å². The first kappa shape index (κ1) is 13.4. The normalized spacial score (nSPS) is 16.8. The molecule has 100 valence electrons. The highest BCUT2D eigenvalue weighted by atomic mass is 16.6. The fourth-order valence-corrected chi connectivity index (χ4v) is 1.59. The second kappa shape index (κ2) is 5.72. The van der Waals surface area contributed by atoms with Gasteiger partial charge in [-0.15, -0.1) is 0 Å². The molecule has 19 heavy (non-hydrogen) atoms. The lowest BCUT2D eigenvalue weighted by atomic mass is 10.1. The summed E-state index contributed by atoms with van der Waals surface area (Å²) < 4.78 is 10.6. The predicted octanol–water partition coefficient (Wildman–Crippen LogP) is 1.47. The summed E-state index contributed by atoms with van der Waals surface area (Å²) >= 11 is 0. The van der Waals surface area contributed by atoms with Crippen molar-refractivity contribution in [3.8, 4) is 11.8 Å². The van der Waals surface area contributed by atoms with Gasteiger partial charge >= 0.3 is 0 Å². The quantitative estimate of drug-likeness (QED) is 0.813. The van der Waals surface area contributed by atoms with Gasteiger partial charge in [0.25, 0.3) is 5.91 Å². The number of benzene rings is 1. The third kappa shape index (κ3) is 3.70. The Morgan fingerprint density at radius 2 is 2.37 bits per heavy atom. The maximum Gasteiger partial charge on any atom is 0.255 e. The van der Waals surface area contributed by atoms with Gasteiger partial charge in [-0.1, -0.05) is 0 Å². The van der Waals surface area contributed by atoms with Crippen molar-refractivity contribution in [3.63, 3.8) is 0 Å². The second-order valence-electron chi connectivity index (χ2n) is 4.72. The molecule has 1 fully saturated rings. The van der Waals surface area contributed by atoms with Crippen LogP contribution in [0.3, 0.4) is 0 Å². The average Bonchev–Trinajstić information content (AvgIpc) is 3.19. The first-order chi connectivity index (χ1) is 9.10. The molecule has 0 saturated carbocycles. The molecule has 1 heterocycles. The number of carbonyl (C=O) groups is 1. The molecule has 1 aromatic rings. The van der Waals surface area contributed by atoms with E-state index in [4.69, 9.17) is 14.7 Å². The predicted molar refractivity (Wildman–Crippen MR) is 69.0 cm³/mol. The molecule has 1 saturated heterocycles. The Kier molecular flexibility index (Phi) is 4.03. The van der Waals surface area contributed by atoms with Gasteiger partial charge in [0.1, 0.15) is 18.5 Å². The summed E-state index contributed by atoms with van der Waals surface area (Å²) in [6, 6.07) is 6.87. The van der Waals surface area contributed by atoms with Gasteiger partial charge in [0.05, 0.1) is 23.8 Å². The number of amides is 1. The van der Waals surface area contributed by atoms with Crippen LogP contribution in [0.4, 0.5) is 0 Å². The monoisotopic (exact) mass is 260 g/mol. The van der Waals surface area contributed by atoms with E-state index in [0.29, 0.717) is 30.1 Å². The summed E-state index contributed by atoms with van der Waals surface area (Å²) in [5, 5.41) is 11.7. The van der Waals surface area contributed by atoms with E-state index < -0.39 is 0 Å². The molecule has 0 aliphatic carbocycles. The van der Waals surface area contributed by atoms with Gasteiger partial charge in [-0.2, -0.15) is 5.26 Å². The van der Waals surface area contributed by atoms with Crippen LogP contribution in [-0.2, 0) is 4.74 Å². The van der Waals surface area contributed by atoms with E-state index in [9.17, 15) is 4.79 Å². The third-order valence-electron chi connectivity index (χ3n) is 2.60. The minimum absolute atomic E-state index is 0.0258. The lowest BCUT2D eigenvalue weighted by Crippen LogP contribution is -2.30. The van der Waals surface area contributed by atoms with Crippen LogP contribution in [-0.4, -0.2) is 31.3 Å². The van der Waals surface area contributed by atoms with E-state index in [1.54, 1.807) is 18.2 Å². The first-order valence-electron chi connectivity index (χ1n) is 6.19. The molecule has 1 amide bonds. The van der Waals surface area contributed by atoms with E-state index in [1.807, 2.05) is 19.9 Å². The maximum absolute atomic E-state index is 12.1. The van der Waals surface area contributed by atoms with Crippen molar-refractivity contribution in [2.45, 2.75) is 26.0 Å². The SMILES string of the molecule is CC(C)NC(=O)c1cc(C#N)ccc1OCC1CO1. The Morgan fingerprint density at radius 1 is 1.63 bits per heavy atom. The Bertz CT molecular complexity index is 516. The van der Waals surface area contributed by atoms with Crippen molar-refractivity contribution in [1.82, 2.24) is 5.32 Å². The second-order valence-corrected chi connectivity index (χ2v) is 4.72. The van der Waals surface area contributed by atoms with Crippen molar-refractivity contribution in [2.24, 2.45) is 0 Å². The highest BCUT2D eigenvalue weighted by molar-refractivity contribution is 5.97. The molecule has 1 aromatic carbocycles. The van der Waals surface area contributed by atoms with Crippen LogP contribution in [0.25, 0.3) is 0 Å². The van der Waals surface area contributed by atoms with E-state index >= 15 is 0 Å². The van der Waals surface area contributed by atoms with Crippen molar-refractivity contribution in [2.75, 3.05) is 13.2 Å². The number of hydrogen-bond acceptors (Lipinski definition) is 4. The fraction of sp³-hybridized carbons (Fsp3) is 0.429. The summed E-state index contributed by atoms with van der Waals surface area (Å²) in [5.41, 5.74) is 0.817. The zero-order valence-electron chi connectivity index (χ0n) is 11.0. The molecule has 1 aliphatic rings. The molecular formula is C14H16N2O3. The van der Waals surface area contributed by atoms with Crippen LogP contribution in [0.15, 0.2) is 18.2 Å². The van der Waals surface area contributed by atoms with Crippen LogP contribution < -0.4 is 10.1 Å². The van der Waals surface area contributed by atoms with Gasteiger partial charge in [-0.05, 0) is 32.0 Å². The molecular weight excluding hydrogens is 244 g/mol. The topological polar surface area (TPSA) is 74.7 Å². The van der Waals surface area contributed by atoms with Crippen molar-refractivity contribution in [1.29, 1.82) is 5.26 Å². The van der Waals surface area contributed by atoms with Gasteiger partial charge in [0, 0.05) is 6.04 Å². The molecule has 1 atom stereocenters. The summed E-state index contributed by atoms with van der Waals surface area (Å²) in [6.07, 6.45) is 0.122. The Labute approximate surface area is 112 Å². The minimum Gasteiger partial charge on any atom is -0.490 e. The number of ether oxygens (including phenoxy) is 2. The van der Waals surface area contributed by atoms with Crippen LogP contribution in [0.1, 0.15) is 29.8 Å². The average molecular weight is 260 g/mol. The van der Waals surface area contributed by atoms with Gasteiger partial charge in [0.2, 0.25) is 0 Å².